The summed E-state index contributed by atoms with van der Waals surface area (Å²) in [7, 11) is 4.55. The molecule has 2 saturated heterocycles. The summed E-state index contributed by atoms with van der Waals surface area (Å²) in [5.41, 5.74) is 6.88. The van der Waals surface area contributed by atoms with Gasteiger partial charge in [0, 0.05) is 30.9 Å². The molecule has 6 heteroatoms. The van der Waals surface area contributed by atoms with Crippen molar-refractivity contribution in [2.75, 3.05) is 20.6 Å². The average molecular weight is 521 g/mol. The smallest absolute Gasteiger partial charge is 0.124 e. The van der Waals surface area contributed by atoms with Crippen LogP contribution in [0.2, 0.25) is 0 Å². The van der Waals surface area contributed by atoms with Crippen molar-refractivity contribution in [2.45, 2.75) is 62.7 Å². The fourth-order valence-corrected chi connectivity index (χ4v) is 8.10. The van der Waals surface area contributed by atoms with Crippen LogP contribution in [0.3, 0.4) is 0 Å². The van der Waals surface area contributed by atoms with E-state index in [9.17, 15) is 0 Å². The molecule has 2 N–H and O–H groups in total. The molecule has 2 aromatic carbocycles. The molecule has 4 aliphatic rings. The van der Waals surface area contributed by atoms with Crippen LogP contribution in [0.25, 0.3) is 28.1 Å². The van der Waals surface area contributed by atoms with Gasteiger partial charge in [-0.1, -0.05) is 48.5 Å². The molecule has 4 bridgehead atoms. The molecule has 4 fully saturated rings. The predicted octanol–water partition coefficient (Wildman–Crippen LogP) is 5.97. The number of likely N-dealkylation sites (tertiary alicyclic amines) is 2. The minimum Gasteiger partial charge on any atom is -0.382 e. The summed E-state index contributed by atoms with van der Waals surface area (Å²) in [6, 6.07) is 20.1. The maximum atomic E-state index is 4.80. The number of aliphatic imine (C=N–C) groups is 1. The number of likely N-dealkylation sites (N-methyl/N-ethyl adjacent to an activating group) is 1. The SMILES string of the molecule is C=N/C=C(\NCC1C2CCC(C2)N1C)c1ccc(-c2ccc(-c3cnc(C4C5CCC(C5)N4C)[nH]3)cc2)cc1. The first-order chi connectivity index (χ1) is 19.1. The number of imidazole rings is 1. The first-order valence-corrected chi connectivity index (χ1v) is 14.7. The van der Waals surface area contributed by atoms with Crippen LogP contribution in [0.15, 0.2) is 65.9 Å². The number of nitrogens with one attached hydrogen (secondary N) is 2. The standard InChI is InChI=1S/C33H40N6/c1-34-18-29(35-20-31-25-12-14-27(16-25)38(31)2)23-8-4-21(5-9-23)22-6-10-24(11-7-22)30-19-36-33(37-30)32-26-13-15-28(17-26)39(32)3/h4-11,18-19,25-28,31-32,35H,1,12-17,20H2,2-3H3,(H,36,37)/b29-18-. The summed E-state index contributed by atoms with van der Waals surface area (Å²) in [5.74, 6) is 2.69. The quantitative estimate of drug-likeness (QED) is 0.359. The van der Waals surface area contributed by atoms with Crippen LogP contribution >= 0.6 is 0 Å². The Morgan fingerprint density at radius 3 is 2.21 bits per heavy atom. The Morgan fingerprint density at radius 2 is 1.56 bits per heavy atom. The second-order valence-electron chi connectivity index (χ2n) is 12.2. The zero-order chi connectivity index (χ0) is 26.5. The van der Waals surface area contributed by atoms with Gasteiger partial charge < -0.3 is 10.3 Å². The Kier molecular flexibility index (Phi) is 6.40. The molecular weight excluding hydrogens is 480 g/mol. The third-order valence-electron chi connectivity index (χ3n) is 10.3. The largest absolute Gasteiger partial charge is 0.382 e. The Morgan fingerprint density at radius 1 is 0.923 bits per heavy atom. The van der Waals surface area contributed by atoms with E-state index in [2.05, 4.69) is 94.4 Å². The van der Waals surface area contributed by atoms with Crippen LogP contribution < -0.4 is 5.32 Å². The monoisotopic (exact) mass is 520 g/mol. The Balaban J connectivity index is 1.02. The normalized spacial score (nSPS) is 30.4. The summed E-state index contributed by atoms with van der Waals surface area (Å²) in [6.07, 6.45) is 11.9. The lowest BCUT2D eigenvalue weighted by Gasteiger charge is -2.32. The van der Waals surface area contributed by atoms with E-state index in [0.717, 1.165) is 53.2 Å². The molecule has 6 atom stereocenters. The molecule has 7 rings (SSSR count). The number of fused-ring (bicyclic) bond motifs is 4. The number of aromatic amines is 1. The Hall–Kier alpha value is -3.22. The van der Waals surface area contributed by atoms with Crippen molar-refractivity contribution in [3.05, 3.63) is 72.3 Å². The molecule has 0 spiro atoms. The Bertz CT molecular complexity index is 1350. The number of piperidine rings is 2. The van der Waals surface area contributed by atoms with Crippen molar-refractivity contribution >= 4 is 12.4 Å². The predicted molar refractivity (Wildman–Crippen MR) is 159 cm³/mol. The second kappa shape index (κ2) is 10.1. The van der Waals surface area contributed by atoms with E-state index in [-0.39, 0.29) is 0 Å². The average Bonchev–Trinajstić information content (AvgIpc) is 3.80. The lowest BCUT2D eigenvalue weighted by atomic mass is 9.98. The summed E-state index contributed by atoms with van der Waals surface area (Å²) in [6.45, 7) is 4.66. The van der Waals surface area contributed by atoms with Gasteiger partial charge in [0.05, 0.1) is 23.6 Å². The summed E-state index contributed by atoms with van der Waals surface area (Å²) in [4.78, 5) is 17.6. The maximum Gasteiger partial charge on any atom is 0.124 e. The molecule has 202 valence electrons. The fourth-order valence-electron chi connectivity index (χ4n) is 8.10. The van der Waals surface area contributed by atoms with Crippen molar-refractivity contribution in [3.63, 3.8) is 0 Å². The van der Waals surface area contributed by atoms with Crippen molar-refractivity contribution in [3.8, 4) is 22.4 Å². The summed E-state index contributed by atoms with van der Waals surface area (Å²) in [5, 5.41) is 3.69. The Labute approximate surface area is 232 Å². The highest BCUT2D eigenvalue weighted by molar-refractivity contribution is 5.72. The third kappa shape index (κ3) is 4.44. The molecule has 2 aliphatic carbocycles. The van der Waals surface area contributed by atoms with Crippen molar-refractivity contribution in [1.29, 1.82) is 0 Å². The van der Waals surface area contributed by atoms with Gasteiger partial charge in [-0.2, -0.15) is 0 Å². The van der Waals surface area contributed by atoms with E-state index >= 15 is 0 Å². The number of H-pyrrole nitrogens is 1. The molecule has 1 aromatic heterocycles. The maximum absolute atomic E-state index is 4.80. The lowest BCUT2D eigenvalue weighted by Crippen LogP contribution is -2.43. The molecule has 3 aromatic rings. The first-order valence-electron chi connectivity index (χ1n) is 14.7. The lowest BCUT2D eigenvalue weighted by molar-refractivity contribution is 0.171. The highest BCUT2D eigenvalue weighted by atomic mass is 15.2. The zero-order valence-corrected chi connectivity index (χ0v) is 23.2. The fraction of sp³-hybridized carbons (Fsp3) is 0.455. The minimum absolute atomic E-state index is 0.439. The van der Waals surface area contributed by atoms with Crippen LogP contribution in [0, 0.1) is 11.8 Å². The van der Waals surface area contributed by atoms with Gasteiger partial charge in [-0.25, -0.2) is 4.98 Å². The highest BCUT2D eigenvalue weighted by Gasteiger charge is 2.46. The molecule has 39 heavy (non-hydrogen) atoms. The number of nitrogens with zero attached hydrogens (tertiary/aromatic N) is 4. The van der Waals surface area contributed by atoms with E-state index in [0.29, 0.717) is 12.1 Å². The molecular formula is C33H40N6. The van der Waals surface area contributed by atoms with Crippen LogP contribution in [0.1, 0.15) is 56.0 Å². The summed E-state index contributed by atoms with van der Waals surface area (Å²) < 4.78 is 0. The molecule has 0 radical (unpaired) electrons. The topological polar surface area (TPSA) is 59.6 Å². The molecule has 3 heterocycles. The van der Waals surface area contributed by atoms with Crippen molar-refractivity contribution in [1.82, 2.24) is 25.1 Å². The van der Waals surface area contributed by atoms with Gasteiger partial charge in [0.1, 0.15) is 5.82 Å². The van der Waals surface area contributed by atoms with Crippen LogP contribution in [-0.4, -0.2) is 65.3 Å². The van der Waals surface area contributed by atoms with Gasteiger partial charge in [0.2, 0.25) is 0 Å². The molecule has 2 aliphatic heterocycles. The van der Waals surface area contributed by atoms with Gasteiger partial charge in [-0.05, 0) is 93.4 Å². The van der Waals surface area contributed by atoms with E-state index in [1.54, 1.807) is 0 Å². The summed E-state index contributed by atoms with van der Waals surface area (Å²) >= 11 is 0. The number of aromatic nitrogens is 2. The van der Waals surface area contributed by atoms with Crippen LogP contribution in [-0.2, 0) is 0 Å². The number of rotatable bonds is 8. The van der Waals surface area contributed by atoms with Gasteiger partial charge >= 0.3 is 0 Å². The molecule has 6 nitrogen and oxygen atoms in total. The number of hydrogen-bond acceptors (Lipinski definition) is 5. The second-order valence-corrected chi connectivity index (χ2v) is 12.2. The van der Waals surface area contributed by atoms with Gasteiger partial charge in [-0.3, -0.25) is 14.8 Å². The van der Waals surface area contributed by atoms with E-state index in [1.807, 2.05) is 12.4 Å². The first kappa shape index (κ1) is 24.8. The van der Waals surface area contributed by atoms with E-state index in [1.165, 1.54) is 55.2 Å². The molecule has 6 unspecified atom stereocenters. The van der Waals surface area contributed by atoms with Gasteiger partial charge in [0.25, 0.3) is 0 Å². The molecule has 2 saturated carbocycles. The van der Waals surface area contributed by atoms with Crippen LogP contribution in [0.5, 0.6) is 0 Å². The number of benzene rings is 2. The van der Waals surface area contributed by atoms with Crippen LogP contribution in [0.4, 0.5) is 0 Å². The van der Waals surface area contributed by atoms with Crippen molar-refractivity contribution < 1.29 is 0 Å². The molecule has 0 amide bonds. The van der Waals surface area contributed by atoms with Crippen molar-refractivity contribution in [2.24, 2.45) is 16.8 Å². The van der Waals surface area contributed by atoms with E-state index in [4.69, 9.17) is 4.98 Å². The van der Waals surface area contributed by atoms with Gasteiger partial charge in [0.15, 0.2) is 0 Å². The zero-order valence-electron chi connectivity index (χ0n) is 23.2. The third-order valence-corrected chi connectivity index (χ3v) is 10.3. The number of hydrogen-bond donors (Lipinski definition) is 2. The highest BCUT2D eigenvalue weighted by Crippen LogP contribution is 2.48. The minimum atomic E-state index is 0.439. The van der Waals surface area contributed by atoms with Gasteiger partial charge in [-0.15, -0.1) is 0 Å². The van der Waals surface area contributed by atoms with E-state index < -0.39 is 0 Å².